The number of aromatic nitrogens is 1. The lowest BCUT2D eigenvalue weighted by Crippen LogP contribution is -2.43. The first-order valence-electron chi connectivity index (χ1n) is 6.24. The van der Waals surface area contributed by atoms with Gasteiger partial charge in [0.1, 0.15) is 5.15 Å². The highest BCUT2D eigenvalue weighted by Gasteiger charge is 2.26. The topological polar surface area (TPSA) is 62.2 Å². The third-order valence-corrected chi connectivity index (χ3v) is 3.76. The number of hydrogen-bond acceptors (Lipinski definition) is 3. The van der Waals surface area contributed by atoms with Crippen LogP contribution in [0.3, 0.4) is 0 Å². The van der Waals surface area contributed by atoms with E-state index in [0.29, 0.717) is 5.56 Å². The number of pyridine rings is 1. The minimum absolute atomic E-state index is 0.0347. The predicted octanol–water partition coefficient (Wildman–Crippen LogP) is 2.02. The highest BCUT2D eigenvalue weighted by Crippen LogP contribution is 2.24. The average molecular weight is 269 g/mol. The van der Waals surface area contributed by atoms with E-state index in [1.165, 1.54) is 0 Å². The molecule has 1 aromatic heterocycles. The first-order chi connectivity index (χ1) is 8.72. The number of rotatable bonds is 3. The molecule has 0 radical (unpaired) electrons. The van der Waals surface area contributed by atoms with Crippen LogP contribution in [0.15, 0.2) is 18.3 Å². The summed E-state index contributed by atoms with van der Waals surface area (Å²) >= 11 is 5.89. The summed E-state index contributed by atoms with van der Waals surface area (Å²) in [5.41, 5.74) is 0.390. The molecule has 1 saturated carbocycles. The van der Waals surface area contributed by atoms with Crippen molar-refractivity contribution in [3.05, 3.63) is 29.0 Å². The second-order valence-corrected chi connectivity index (χ2v) is 5.01. The van der Waals surface area contributed by atoms with Crippen LogP contribution in [0.1, 0.15) is 36.0 Å². The van der Waals surface area contributed by atoms with Gasteiger partial charge in [-0.05, 0) is 25.0 Å². The Bertz CT molecular complexity index is 425. The molecular weight excluding hydrogens is 252 g/mol. The molecule has 0 bridgehead atoms. The Kier molecular flexibility index (Phi) is 4.55. The van der Waals surface area contributed by atoms with Gasteiger partial charge in [0.15, 0.2) is 0 Å². The molecule has 0 aromatic carbocycles. The maximum atomic E-state index is 12.1. The maximum absolute atomic E-state index is 12.1. The Labute approximate surface area is 111 Å². The highest BCUT2D eigenvalue weighted by atomic mass is 35.5. The molecule has 98 valence electrons. The van der Waals surface area contributed by atoms with E-state index < -0.39 is 0 Å². The number of nitrogens with one attached hydrogen (secondary N) is 1. The third kappa shape index (κ3) is 3.00. The number of nitrogens with zero attached hydrogens (tertiary/aromatic N) is 1. The molecule has 0 aliphatic heterocycles. The monoisotopic (exact) mass is 268 g/mol. The molecular formula is C13H17ClN2O2. The largest absolute Gasteiger partial charge is 0.396 e. The van der Waals surface area contributed by atoms with E-state index in [0.717, 1.165) is 25.7 Å². The molecule has 0 saturated heterocycles. The van der Waals surface area contributed by atoms with Gasteiger partial charge in [0, 0.05) is 24.8 Å². The first-order valence-corrected chi connectivity index (χ1v) is 6.62. The van der Waals surface area contributed by atoms with E-state index in [1.54, 1.807) is 18.3 Å². The maximum Gasteiger partial charge on any atom is 0.254 e. The zero-order valence-corrected chi connectivity index (χ0v) is 10.9. The summed E-state index contributed by atoms with van der Waals surface area (Å²) in [5, 5.41) is 12.5. The molecule has 18 heavy (non-hydrogen) atoms. The molecule has 1 fully saturated rings. The molecule has 4 nitrogen and oxygen atoms in total. The fourth-order valence-electron chi connectivity index (χ4n) is 2.42. The molecule has 1 heterocycles. The number of hydrogen-bond donors (Lipinski definition) is 2. The van der Waals surface area contributed by atoms with Gasteiger partial charge in [-0.15, -0.1) is 0 Å². The number of aliphatic hydroxyl groups is 1. The van der Waals surface area contributed by atoms with Crippen molar-refractivity contribution in [2.75, 3.05) is 6.61 Å². The minimum atomic E-state index is -0.210. The van der Waals surface area contributed by atoms with Gasteiger partial charge < -0.3 is 10.4 Å². The SMILES string of the molecule is O=C(NC1CCCCC1CO)c1cccnc1Cl. The van der Waals surface area contributed by atoms with Crippen molar-refractivity contribution in [2.45, 2.75) is 31.7 Å². The van der Waals surface area contributed by atoms with Crippen LogP contribution in [0.25, 0.3) is 0 Å². The van der Waals surface area contributed by atoms with Gasteiger partial charge in [-0.2, -0.15) is 0 Å². The molecule has 1 aliphatic rings. The quantitative estimate of drug-likeness (QED) is 0.825. The summed E-state index contributed by atoms with van der Waals surface area (Å²) in [4.78, 5) is 16.0. The van der Waals surface area contributed by atoms with Crippen LogP contribution >= 0.6 is 11.6 Å². The Morgan fingerprint density at radius 2 is 2.28 bits per heavy atom. The van der Waals surface area contributed by atoms with Crippen molar-refractivity contribution in [2.24, 2.45) is 5.92 Å². The van der Waals surface area contributed by atoms with Crippen LogP contribution in [-0.2, 0) is 0 Å². The summed E-state index contributed by atoms with van der Waals surface area (Å²) in [6.07, 6.45) is 5.63. The summed E-state index contributed by atoms with van der Waals surface area (Å²) in [6, 6.07) is 3.37. The lowest BCUT2D eigenvalue weighted by molar-refractivity contribution is 0.0872. The van der Waals surface area contributed by atoms with E-state index in [9.17, 15) is 9.90 Å². The second kappa shape index (κ2) is 6.16. The standard InChI is InChI=1S/C13H17ClN2O2/c14-12-10(5-3-7-15-12)13(18)16-11-6-2-1-4-9(11)8-17/h3,5,7,9,11,17H,1-2,4,6,8H2,(H,16,18). The number of amides is 1. The second-order valence-electron chi connectivity index (χ2n) is 4.65. The van der Waals surface area contributed by atoms with Crippen LogP contribution in [0.5, 0.6) is 0 Å². The van der Waals surface area contributed by atoms with Gasteiger partial charge in [-0.3, -0.25) is 4.79 Å². The van der Waals surface area contributed by atoms with Gasteiger partial charge in [0.25, 0.3) is 5.91 Å². The lowest BCUT2D eigenvalue weighted by Gasteiger charge is -2.30. The van der Waals surface area contributed by atoms with Crippen LogP contribution in [0.4, 0.5) is 0 Å². The normalized spacial score (nSPS) is 23.7. The van der Waals surface area contributed by atoms with E-state index in [-0.39, 0.29) is 29.6 Å². The van der Waals surface area contributed by atoms with E-state index in [1.807, 2.05) is 0 Å². The third-order valence-electron chi connectivity index (χ3n) is 3.46. The molecule has 2 unspecified atom stereocenters. The van der Waals surface area contributed by atoms with Crippen molar-refractivity contribution in [1.82, 2.24) is 10.3 Å². The summed E-state index contributed by atoms with van der Waals surface area (Å²) < 4.78 is 0. The van der Waals surface area contributed by atoms with Crippen molar-refractivity contribution in [3.63, 3.8) is 0 Å². The van der Waals surface area contributed by atoms with Gasteiger partial charge in [0.05, 0.1) is 5.56 Å². The molecule has 2 rings (SSSR count). The van der Waals surface area contributed by atoms with Crippen LogP contribution < -0.4 is 5.32 Å². The Morgan fingerprint density at radius 3 is 3.00 bits per heavy atom. The molecule has 1 amide bonds. The van der Waals surface area contributed by atoms with Crippen molar-refractivity contribution in [1.29, 1.82) is 0 Å². The van der Waals surface area contributed by atoms with Crippen LogP contribution in [-0.4, -0.2) is 28.6 Å². The predicted molar refractivity (Wildman–Crippen MR) is 69.5 cm³/mol. The zero-order chi connectivity index (χ0) is 13.0. The Hall–Kier alpha value is -1.13. The molecule has 2 N–H and O–H groups in total. The minimum Gasteiger partial charge on any atom is -0.396 e. The Balaban J connectivity index is 2.04. The first kappa shape index (κ1) is 13.3. The van der Waals surface area contributed by atoms with Gasteiger partial charge in [-0.1, -0.05) is 24.4 Å². The highest BCUT2D eigenvalue weighted by molar-refractivity contribution is 6.32. The van der Waals surface area contributed by atoms with E-state index in [4.69, 9.17) is 11.6 Å². The summed E-state index contributed by atoms with van der Waals surface area (Å²) in [7, 11) is 0. The number of carbonyl (C=O) groups excluding carboxylic acids is 1. The van der Waals surface area contributed by atoms with E-state index in [2.05, 4.69) is 10.3 Å². The van der Waals surface area contributed by atoms with E-state index >= 15 is 0 Å². The van der Waals surface area contributed by atoms with Crippen molar-refractivity contribution in [3.8, 4) is 0 Å². The number of halogens is 1. The molecule has 0 spiro atoms. The van der Waals surface area contributed by atoms with Crippen LogP contribution in [0.2, 0.25) is 5.15 Å². The average Bonchev–Trinajstić information content (AvgIpc) is 2.39. The van der Waals surface area contributed by atoms with Crippen LogP contribution in [0, 0.1) is 5.92 Å². The fourth-order valence-corrected chi connectivity index (χ4v) is 2.62. The summed E-state index contributed by atoms with van der Waals surface area (Å²) in [6.45, 7) is 0.117. The number of carbonyl (C=O) groups is 1. The number of aliphatic hydroxyl groups excluding tert-OH is 1. The van der Waals surface area contributed by atoms with Crippen molar-refractivity contribution >= 4 is 17.5 Å². The molecule has 1 aromatic rings. The van der Waals surface area contributed by atoms with Gasteiger partial charge in [0.2, 0.25) is 0 Å². The molecule has 5 heteroatoms. The van der Waals surface area contributed by atoms with Gasteiger partial charge in [-0.25, -0.2) is 4.98 Å². The van der Waals surface area contributed by atoms with Gasteiger partial charge >= 0.3 is 0 Å². The van der Waals surface area contributed by atoms with Crippen molar-refractivity contribution < 1.29 is 9.90 Å². The smallest absolute Gasteiger partial charge is 0.254 e. The molecule has 1 aliphatic carbocycles. The Morgan fingerprint density at radius 1 is 1.50 bits per heavy atom. The fraction of sp³-hybridized carbons (Fsp3) is 0.538. The summed E-state index contributed by atoms with van der Waals surface area (Å²) in [5.74, 6) is -0.0587. The zero-order valence-electron chi connectivity index (χ0n) is 10.1. The lowest BCUT2D eigenvalue weighted by atomic mass is 9.85. The molecule has 2 atom stereocenters.